The minimum atomic E-state index is -0.400. The number of methoxy groups -OCH3 is 1. The first kappa shape index (κ1) is 15.7. The molecule has 2 rings (SSSR count). The Bertz CT molecular complexity index is 507. The Labute approximate surface area is 127 Å². The summed E-state index contributed by atoms with van der Waals surface area (Å²) in [6.07, 6.45) is 4.24. The van der Waals surface area contributed by atoms with Crippen LogP contribution in [-0.2, 0) is 0 Å². The molecular weight excluding hydrogens is 262 g/mol. The Balaban J connectivity index is 1.85. The van der Waals surface area contributed by atoms with Gasteiger partial charge >= 0.3 is 0 Å². The number of hydrogen-bond acceptors (Lipinski definition) is 4. The molecule has 21 heavy (non-hydrogen) atoms. The van der Waals surface area contributed by atoms with Gasteiger partial charge in [-0.3, -0.25) is 5.32 Å². The van der Waals surface area contributed by atoms with Crippen LogP contribution in [0.25, 0.3) is 0 Å². The lowest BCUT2D eigenvalue weighted by Gasteiger charge is -2.26. The van der Waals surface area contributed by atoms with Gasteiger partial charge in [0.15, 0.2) is 0 Å². The zero-order valence-corrected chi connectivity index (χ0v) is 13.2. The van der Waals surface area contributed by atoms with Crippen molar-refractivity contribution >= 4 is 5.69 Å². The maximum Gasteiger partial charge on any atom is 0.142 e. The number of nitrogens with one attached hydrogen (secondary N) is 1. The van der Waals surface area contributed by atoms with Gasteiger partial charge in [-0.1, -0.05) is 12.1 Å². The molecule has 1 N–H and O–H groups in total. The van der Waals surface area contributed by atoms with Crippen LogP contribution in [0.2, 0.25) is 0 Å². The number of ether oxygens (including phenoxy) is 1. The summed E-state index contributed by atoms with van der Waals surface area (Å²) in [6.45, 7) is 2.92. The molecule has 1 aliphatic rings. The van der Waals surface area contributed by atoms with Crippen molar-refractivity contribution in [3.8, 4) is 11.8 Å². The quantitative estimate of drug-likeness (QED) is 0.798. The van der Waals surface area contributed by atoms with Gasteiger partial charge in [-0.25, -0.2) is 0 Å². The topological polar surface area (TPSA) is 48.3 Å². The predicted molar refractivity (Wildman–Crippen MR) is 85.7 cm³/mol. The van der Waals surface area contributed by atoms with Crippen LogP contribution < -0.4 is 15.0 Å². The molecule has 114 valence electrons. The van der Waals surface area contributed by atoms with E-state index in [1.807, 2.05) is 25.1 Å². The highest BCUT2D eigenvalue weighted by atomic mass is 16.5. The van der Waals surface area contributed by atoms with Gasteiger partial charge in [0.25, 0.3) is 0 Å². The fraction of sp³-hybridized carbons (Fsp3) is 0.588. The third-order valence-corrected chi connectivity index (χ3v) is 4.01. The molecule has 1 saturated carbocycles. The van der Waals surface area contributed by atoms with E-state index >= 15 is 0 Å². The van der Waals surface area contributed by atoms with Gasteiger partial charge in [0.05, 0.1) is 18.9 Å². The number of nitrogens with zero attached hydrogens (tertiary/aromatic N) is 2. The van der Waals surface area contributed by atoms with Crippen LogP contribution in [0.15, 0.2) is 24.3 Å². The molecule has 0 saturated heterocycles. The normalized spacial score (nSPS) is 16.9. The molecule has 1 atom stereocenters. The van der Waals surface area contributed by atoms with Gasteiger partial charge in [0.1, 0.15) is 11.3 Å². The van der Waals surface area contributed by atoms with Gasteiger partial charge in [0, 0.05) is 19.6 Å². The van der Waals surface area contributed by atoms with E-state index in [1.165, 1.54) is 12.8 Å². The maximum absolute atomic E-state index is 9.38. The Hall–Kier alpha value is -1.73. The van der Waals surface area contributed by atoms with Crippen LogP contribution in [0.4, 0.5) is 5.69 Å². The van der Waals surface area contributed by atoms with Gasteiger partial charge in [-0.2, -0.15) is 5.26 Å². The van der Waals surface area contributed by atoms with Crippen molar-refractivity contribution < 1.29 is 4.74 Å². The SMILES string of the molecule is COc1ccccc1N(C)CCCC(C)(C#N)NC1CC1. The summed E-state index contributed by atoms with van der Waals surface area (Å²) in [6, 6.07) is 11.0. The molecule has 1 aliphatic carbocycles. The van der Waals surface area contributed by atoms with Crippen LogP contribution in [0.3, 0.4) is 0 Å². The van der Waals surface area contributed by atoms with E-state index in [1.54, 1.807) is 7.11 Å². The third kappa shape index (κ3) is 4.37. The van der Waals surface area contributed by atoms with Crippen molar-refractivity contribution in [3.63, 3.8) is 0 Å². The lowest BCUT2D eigenvalue weighted by Crippen LogP contribution is -2.42. The molecule has 0 radical (unpaired) electrons. The first-order chi connectivity index (χ1) is 10.1. The second kappa shape index (κ2) is 6.82. The predicted octanol–water partition coefficient (Wildman–Crippen LogP) is 2.95. The van der Waals surface area contributed by atoms with Gasteiger partial charge in [0.2, 0.25) is 0 Å². The van der Waals surface area contributed by atoms with Crippen molar-refractivity contribution in [2.45, 2.75) is 44.2 Å². The first-order valence-electron chi connectivity index (χ1n) is 7.61. The van der Waals surface area contributed by atoms with Crippen molar-refractivity contribution in [3.05, 3.63) is 24.3 Å². The molecule has 0 aliphatic heterocycles. The molecular formula is C17H25N3O. The monoisotopic (exact) mass is 287 g/mol. The molecule has 1 aromatic carbocycles. The lowest BCUT2D eigenvalue weighted by molar-refractivity contribution is 0.402. The van der Waals surface area contributed by atoms with E-state index in [9.17, 15) is 5.26 Å². The number of anilines is 1. The Morgan fingerprint density at radius 3 is 2.76 bits per heavy atom. The maximum atomic E-state index is 9.38. The fourth-order valence-corrected chi connectivity index (χ4v) is 2.57. The highest BCUT2D eigenvalue weighted by Crippen LogP contribution is 2.28. The Morgan fingerprint density at radius 2 is 2.14 bits per heavy atom. The number of benzene rings is 1. The summed E-state index contributed by atoms with van der Waals surface area (Å²) in [4.78, 5) is 2.19. The van der Waals surface area contributed by atoms with E-state index < -0.39 is 5.54 Å². The van der Waals surface area contributed by atoms with Crippen LogP contribution >= 0.6 is 0 Å². The van der Waals surface area contributed by atoms with Crippen molar-refractivity contribution in [2.75, 3.05) is 25.6 Å². The van der Waals surface area contributed by atoms with E-state index in [0.29, 0.717) is 6.04 Å². The van der Waals surface area contributed by atoms with Gasteiger partial charge in [-0.15, -0.1) is 0 Å². The highest BCUT2D eigenvalue weighted by molar-refractivity contribution is 5.57. The number of para-hydroxylation sites is 2. The molecule has 1 aromatic rings. The summed E-state index contributed by atoms with van der Waals surface area (Å²) >= 11 is 0. The Kier molecular flexibility index (Phi) is 5.08. The number of hydrogen-bond donors (Lipinski definition) is 1. The van der Waals surface area contributed by atoms with E-state index in [0.717, 1.165) is 30.8 Å². The smallest absolute Gasteiger partial charge is 0.142 e. The van der Waals surface area contributed by atoms with Crippen LogP contribution in [0.5, 0.6) is 5.75 Å². The first-order valence-corrected chi connectivity index (χ1v) is 7.61. The summed E-state index contributed by atoms with van der Waals surface area (Å²) in [5.74, 6) is 0.888. The van der Waals surface area contributed by atoms with Crippen molar-refractivity contribution in [1.82, 2.24) is 5.32 Å². The second-order valence-electron chi connectivity index (χ2n) is 6.06. The van der Waals surface area contributed by atoms with Crippen LogP contribution in [0.1, 0.15) is 32.6 Å². The number of rotatable bonds is 8. The standard InChI is InChI=1S/C17H25N3O/c1-17(13-18,19-14-9-10-14)11-6-12-20(2)15-7-4-5-8-16(15)21-3/h4-5,7-8,14,19H,6,9-12H2,1-3H3. The average Bonchev–Trinajstić information content (AvgIpc) is 3.30. The van der Waals surface area contributed by atoms with E-state index in [2.05, 4.69) is 29.4 Å². The summed E-state index contributed by atoms with van der Waals surface area (Å²) in [5, 5.41) is 12.8. The molecule has 0 spiro atoms. The summed E-state index contributed by atoms with van der Waals surface area (Å²) in [7, 11) is 3.76. The minimum Gasteiger partial charge on any atom is -0.495 e. The van der Waals surface area contributed by atoms with E-state index in [-0.39, 0.29) is 0 Å². The molecule has 4 nitrogen and oxygen atoms in total. The molecule has 0 heterocycles. The van der Waals surface area contributed by atoms with Crippen molar-refractivity contribution in [2.24, 2.45) is 0 Å². The largest absolute Gasteiger partial charge is 0.495 e. The highest BCUT2D eigenvalue weighted by Gasteiger charge is 2.32. The lowest BCUT2D eigenvalue weighted by atomic mass is 9.97. The third-order valence-electron chi connectivity index (χ3n) is 4.01. The molecule has 0 amide bonds. The van der Waals surface area contributed by atoms with Gasteiger partial charge in [-0.05, 0) is 44.7 Å². The second-order valence-corrected chi connectivity index (χ2v) is 6.06. The number of nitriles is 1. The molecule has 4 heteroatoms. The fourth-order valence-electron chi connectivity index (χ4n) is 2.57. The molecule has 1 fully saturated rings. The zero-order valence-electron chi connectivity index (χ0n) is 13.2. The molecule has 0 bridgehead atoms. The van der Waals surface area contributed by atoms with Crippen LogP contribution in [-0.4, -0.2) is 32.3 Å². The molecule has 0 aromatic heterocycles. The summed E-state index contributed by atoms with van der Waals surface area (Å²) in [5.41, 5.74) is 0.691. The summed E-state index contributed by atoms with van der Waals surface area (Å²) < 4.78 is 5.39. The average molecular weight is 287 g/mol. The van der Waals surface area contributed by atoms with Gasteiger partial charge < -0.3 is 9.64 Å². The van der Waals surface area contributed by atoms with Crippen molar-refractivity contribution in [1.29, 1.82) is 5.26 Å². The zero-order chi connectivity index (χ0) is 15.3. The molecule has 1 unspecified atom stereocenters. The van der Waals surface area contributed by atoms with Crippen LogP contribution in [0, 0.1) is 11.3 Å². The van der Waals surface area contributed by atoms with E-state index in [4.69, 9.17) is 4.74 Å². The Morgan fingerprint density at radius 1 is 1.43 bits per heavy atom. The minimum absolute atomic E-state index is 0.400.